The molecular formula is C21H28N6O2S. The first-order valence-electron chi connectivity index (χ1n) is 10.3. The normalized spacial score (nSPS) is 19.7. The number of carbonyl (C=O) groups excluding carboxylic acids is 2. The van der Waals surface area contributed by atoms with Gasteiger partial charge >= 0.3 is 6.03 Å². The molecule has 0 radical (unpaired) electrons. The van der Waals surface area contributed by atoms with Crippen LogP contribution in [-0.4, -0.2) is 56.9 Å². The molecule has 8 nitrogen and oxygen atoms in total. The number of hydrogen-bond acceptors (Lipinski definition) is 6. The lowest BCUT2D eigenvalue weighted by atomic mass is 9.87. The predicted octanol–water partition coefficient (Wildman–Crippen LogP) is 2.93. The van der Waals surface area contributed by atoms with E-state index in [9.17, 15) is 9.59 Å². The number of likely N-dealkylation sites (tertiary alicyclic amines) is 1. The number of piperidine rings is 1. The zero-order valence-corrected chi connectivity index (χ0v) is 18.5. The molecule has 160 valence electrons. The molecule has 2 aromatic heterocycles. The van der Waals surface area contributed by atoms with Gasteiger partial charge in [0.15, 0.2) is 5.13 Å². The number of pyridine rings is 1. The summed E-state index contributed by atoms with van der Waals surface area (Å²) in [5.74, 6) is -0.105. The molecule has 1 unspecified atom stereocenters. The van der Waals surface area contributed by atoms with Crippen LogP contribution >= 0.6 is 11.3 Å². The van der Waals surface area contributed by atoms with Crippen LogP contribution in [0.15, 0.2) is 24.5 Å². The maximum Gasteiger partial charge on any atom is 0.318 e. The van der Waals surface area contributed by atoms with Crippen molar-refractivity contribution in [1.29, 1.82) is 0 Å². The maximum absolute atomic E-state index is 12.6. The van der Waals surface area contributed by atoms with Crippen molar-refractivity contribution in [2.75, 3.05) is 25.0 Å². The van der Waals surface area contributed by atoms with Crippen molar-refractivity contribution >= 4 is 28.4 Å². The molecular weight excluding hydrogens is 400 g/mol. The van der Waals surface area contributed by atoms with Crippen LogP contribution in [0.3, 0.4) is 0 Å². The summed E-state index contributed by atoms with van der Waals surface area (Å²) in [6.07, 6.45) is 5.49. The summed E-state index contributed by atoms with van der Waals surface area (Å²) < 4.78 is 0. The third-order valence-corrected chi connectivity index (χ3v) is 7.09. The first-order valence-corrected chi connectivity index (χ1v) is 11.1. The number of urea groups is 1. The van der Waals surface area contributed by atoms with Gasteiger partial charge in [0.1, 0.15) is 0 Å². The highest BCUT2D eigenvalue weighted by molar-refractivity contribution is 7.15. The summed E-state index contributed by atoms with van der Waals surface area (Å²) in [4.78, 5) is 37.8. The monoisotopic (exact) mass is 428 g/mol. The molecule has 0 bridgehead atoms. The van der Waals surface area contributed by atoms with E-state index < -0.39 is 0 Å². The van der Waals surface area contributed by atoms with E-state index >= 15 is 0 Å². The molecule has 1 spiro atoms. The van der Waals surface area contributed by atoms with Gasteiger partial charge in [-0.15, -0.1) is 11.3 Å². The van der Waals surface area contributed by atoms with Crippen LogP contribution < -0.4 is 10.6 Å². The van der Waals surface area contributed by atoms with Gasteiger partial charge in [0, 0.05) is 62.1 Å². The number of amides is 3. The van der Waals surface area contributed by atoms with Crippen molar-refractivity contribution in [3.8, 4) is 0 Å². The highest BCUT2D eigenvalue weighted by atomic mass is 32.1. The van der Waals surface area contributed by atoms with Gasteiger partial charge < -0.3 is 15.5 Å². The second-order valence-corrected chi connectivity index (χ2v) is 9.40. The molecule has 2 fully saturated rings. The minimum Gasteiger partial charge on any atom is -0.331 e. The van der Waals surface area contributed by atoms with E-state index in [4.69, 9.17) is 0 Å². The topological polar surface area (TPSA) is 90.5 Å². The second-order valence-electron chi connectivity index (χ2n) is 8.33. The lowest BCUT2D eigenvalue weighted by Gasteiger charge is -2.41. The van der Waals surface area contributed by atoms with Gasteiger partial charge in [0.05, 0.1) is 5.54 Å². The Balaban J connectivity index is 1.35. The van der Waals surface area contributed by atoms with E-state index in [0.29, 0.717) is 11.7 Å². The van der Waals surface area contributed by atoms with Crippen molar-refractivity contribution in [3.05, 3.63) is 40.7 Å². The van der Waals surface area contributed by atoms with E-state index in [1.807, 2.05) is 30.2 Å². The van der Waals surface area contributed by atoms with Crippen molar-refractivity contribution in [2.24, 2.45) is 0 Å². The molecule has 1 atom stereocenters. The van der Waals surface area contributed by atoms with E-state index in [0.717, 1.165) is 48.6 Å². The van der Waals surface area contributed by atoms with Crippen LogP contribution in [0.25, 0.3) is 0 Å². The zero-order valence-electron chi connectivity index (χ0n) is 17.6. The number of thiazole rings is 1. The van der Waals surface area contributed by atoms with Crippen molar-refractivity contribution in [1.82, 2.24) is 25.1 Å². The second kappa shape index (κ2) is 8.31. The number of nitrogens with zero attached hydrogens (tertiary/aromatic N) is 4. The molecule has 3 amide bonds. The first-order chi connectivity index (χ1) is 14.3. The fraction of sp³-hybridized carbons (Fsp3) is 0.524. The van der Waals surface area contributed by atoms with Crippen LogP contribution in [0, 0.1) is 6.92 Å². The number of aryl methyl sites for hydroxylation is 1. The third-order valence-electron chi connectivity index (χ3n) is 6.01. The number of carbonyl (C=O) groups is 2. The van der Waals surface area contributed by atoms with Crippen LogP contribution in [-0.2, 0) is 11.3 Å². The van der Waals surface area contributed by atoms with Gasteiger partial charge in [-0.3, -0.25) is 14.7 Å². The third kappa shape index (κ3) is 4.46. The number of aromatic nitrogens is 2. The van der Waals surface area contributed by atoms with Crippen LogP contribution in [0.5, 0.6) is 0 Å². The van der Waals surface area contributed by atoms with Gasteiger partial charge in [0.2, 0.25) is 5.91 Å². The molecule has 4 heterocycles. The number of anilines is 1. The maximum atomic E-state index is 12.6. The molecule has 2 aliphatic rings. The summed E-state index contributed by atoms with van der Waals surface area (Å²) in [6, 6.07) is 4.26. The Labute approximate surface area is 180 Å². The molecule has 0 saturated carbocycles. The molecule has 0 aromatic carbocycles. The quantitative estimate of drug-likeness (QED) is 0.764. The highest BCUT2D eigenvalue weighted by Crippen LogP contribution is 2.35. The number of hydrogen-bond donors (Lipinski definition) is 2. The van der Waals surface area contributed by atoms with E-state index in [1.165, 1.54) is 18.3 Å². The summed E-state index contributed by atoms with van der Waals surface area (Å²) in [6.45, 7) is 8.81. The van der Waals surface area contributed by atoms with Crippen molar-refractivity contribution in [2.45, 2.75) is 51.7 Å². The van der Waals surface area contributed by atoms with Gasteiger partial charge in [-0.05, 0) is 44.4 Å². The first kappa shape index (κ1) is 20.7. The Morgan fingerprint density at radius 1 is 1.37 bits per heavy atom. The standard InChI is InChI=1S/C21H28N6O2S/c1-14-10-17(4-7-22-14)12-27-13-21(25-20(27)29)5-8-26(9-6-21)15(2)18-11-23-19(30-18)24-16(3)28/h4,7,10-11,15H,5-6,8-9,12-13H2,1-3H3,(H,25,29)(H,23,24,28). The van der Waals surface area contributed by atoms with Crippen molar-refractivity contribution in [3.63, 3.8) is 0 Å². The lowest BCUT2D eigenvalue weighted by Crippen LogP contribution is -2.52. The Bertz CT molecular complexity index is 937. The predicted molar refractivity (Wildman–Crippen MR) is 116 cm³/mol. The van der Waals surface area contributed by atoms with E-state index in [2.05, 4.69) is 32.4 Å². The molecule has 4 rings (SSSR count). The van der Waals surface area contributed by atoms with Crippen LogP contribution in [0.4, 0.5) is 9.93 Å². The van der Waals surface area contributed by atoms with Gasteiger partial charge in [-0.25, -0.2) is 9.78 Å². The Hall–Kier alpha value is -2.52. The minimum atomic E-state index is -0.148. The van der Waals surface area contributed by atoms with Gasteiger partial charge in [-0.1, -0.05) is 0 Å². The summed E-state index contributed by atoms with van der Waals surface area (Å²) in [5.41, 5.74) is 1.93. The average molecular weight is 429 g/mol. The summed E-state index contributed by atoms with van der Waals surface area (Å²) in [5, 5.41) is 6.66. The SMILES string of the molecule is CC(=O)Nc1ncc(C(C)N2CCC3(CC2)CN(Cc2ccnc(C)c2)C(=O)N3)s1. The van der Waals surface area contributed by atoms with E-state index in [-0.39, 0.29) is 23.5 Å². The molecule has 2 N–H and O–H groups in total. The van der Waals surface area contributed by atoms with Gasteiger partial charge in [0.25, 0.3) is 0 Å². The van der Waals surface area contributed by atoms with Crippen LogP contribution in [0.2, 0.25) is 0 Å². The number of nitrogens with one attached hydrogen (secondary N) is 2. The zero-order chi connectivity index (χ0) is 21.3. The highest BCUT2D eigenvalue weighted by Gasteiger charge is 2.44. The van der Waals surface area contributed by atoms with E-state index in [1.54, 1.807) is 6.20 Å². The van der Waals surface area contributed by atoms with Crippen molar-refractivity contribution < 1.29 is 9.59 Å². The largest absolute Gasteiger partial charge is 0.331 e. The van der Waals surface area contributed by atoms with Crippen LogP contribution in [0.1, 0.15) is 48.9 Å². The summed E-state index contributed by atoms with van der Waals surface area (Å²) in [7, 11) is 0. The molecule has 2 saturated heterocycles. The lowest BCUT2D eigenvalue weighted by molar-refractivity contribution is -0.114. The molecule has 0 aliphatic carbocycles. The molecule has 30 heavy (non-hydrogen) atoms. The minimum absolute atomic E-state index is 0.0216. The Morgan fingerprint density at radius 2 is 2.13 bits per heavy atom. The fourth-order valence-corrected chi connectivity index (χ4v) is 5.27. The summed E-state index contributed by atoms with van der Waals surface area (Å²) >= 11 is 1.52. The Morgan fingerprint density at radius 3 is 2.83 bits per heavy atom. The fourth-order valence-electron chi connectivity index (χ4n) is 4.32. The average Bonchev–Trinajstić information content (AvgIpc) is 3.26. The van der Waals surface area contributed by atoms with Gasteiger partial charge in [-0.2, -0.15) is 0 Å². The molecule has 9 heteroatoms. The Kier molecular flexibility index (Phi) is 5.75. The molecule has 2 aromatic rings. The smallest absolute Gasteiger partial charge is 0.318 e. The molecule has 2 aliphatic heterocycles. The number of rotatable bonds is 5.